The Kier molecular flexibility index (Phi) is 6.57. The van der Waals surface area contributed by atoms with Gasteiger partial charge in [0.2, 0.25) is 5.91 Å². The van der Waals surface area contributed by atoms with E-state index in [0.717, 1.165) is 38.2 Å². The van der Waals surface area contributed by atoms with Gasteiger partial charge < -0.3 is 10.0 Å². The third kappa shape index (κ3) is 4.78. The summed E-state index contributed by atoms with van der Waals surface area (Å²) in [6, 6.07) is 9.72. The van der Waals surface area contributed by atoms with E-state index in [9.17, 15) is 9.90 Å². The van der Waals surface area contributed by atoms with Gasteiger partial charge in [0, 0.05) is 38.6 Å². The number of nitrogens with zero attached hydrogens (tertiary/aromatic N) is 3. The van der Waals surface area contributed by atoms with E-state index in [0.29, 0.717) is 18.4 Å². The SMILES string of the molecule is CCC(CO)N1CCN(C(=O)CCc2ccc(C#N)cc2)CC1. The first kappa shape index (κ1) is 17.5. The average molecular weight is 315 g/mol. The minimum absolute atomic E-state index is 0.184. The van der Waals surface area contributed by atoms with E-state index in [4.69, 9.17) is 5.26 Å². The second kappa shape index (κ2) is 8.66. The topological polar surface area (TPSA) is 67.6 Å². The Bertz CT molecular complexity index is 538. The largest absolute Gasteiger partial charge is 0.395 e. The van der Waals surface area contributed by atoms with Crippen molar-refractivity contribution in [1.82, 2.24) is 9.80 Å². The molecule has 0 radical (unpaired) electrons. The molecule has 1 saturated heterocycles. The van der Waals surface area contributed by atoms with Gasteiger partial charge in [-0.15, -0.1) is 0 Å². The van der Waals surface area contributed by atoms with Crippen LogP contribution in [0.15, 0.2) is 24.3 Å². The van der Waals surface area contributed by atoms with Crippen molar-refractivity contribution in [2.45, 2.75) is 32.2 Å². The van der Waals surface area contributed by atoms with Crippen molar-refractivity contribution in [3.05, 3.63) is 35.4 Å². The van der Waals surface area contributed by atoms with E-state index in [-0.39, 0.29) is 18.6 Å². The summed E-state index contributed by atoms with van der Waals surface area (Å²) in [5.41, 5.74) is 1.73. The number of carbonyl (C=O) groups is 1. The molecule has 1 unspecified atom stereocenters. The number of piperazine rings is 1. The van der Waals surface area contributed by atoms with Crippen molar-refractivity contribution in [3.63, 3.8) is 0 Å². The predicted octanol–water partition coefficient (Wildman–Crippen LogP) is 1.41. The number of aliphatic hydroxyl groups is 1. The van der Waals surface area contributed by atoms with Gasteiger partial charge in [-0.25, -0.2) is 0 Å². The van der Waals surface area contributed by atoms with Crippen LogP contribution in [0.3, 0.4) is 0 Å². The summed E-state index contributed by atoms with van der Waals surface area (Å²) in [6.45, 7) is 5.41. The number of carbonyl (C=O) groups excluding carboxylic acids is 1. The molecule has 1 heterocycles. The summed E-state index contributed by atoms with van der Waals surface area (Å²) < 4.78 is 0. The zero-order valence-electron chi connectivity index (χ0n) is 13.7. The smallest absolute Gasteiger partial charge is 0.222 e. The van der Waals surface area contributed by atoms with E-state index < -0.39 is 0 Å². The van der Waals surface area contributed by atoms with E-state index in [2.05, 4.69) is 17.9 Å². The fraction of sp³-hybridized carbons (Fsp3) is 0.556. The molecule has 0 aromatic heterocycles. The van der Waals surface area contributed by atoms with Crippen molar-refractivity contribution in [1.29, 1.82) is 5.26 Å². The monoisotopic (exact) mass is 315 g/mol. The highest BCUT2D eigenvalue weighted by Gasteiger charge is 2.24. The summed E-state index contributed by atoms with van der Waals surface area (Å²) in [5.74, 6) is 0.186. The Morgan fingerprint density at radius 1 is 1.26 bits per heavy atom. The van der Waals surface area contributed by atoms with Crippen LogP contribution in [0.4, 0.5) is 0 Å². The molecule has 5 nitrogen and oxygen atoms in total. The van der Waals surface area contributed by atoms with Gasteiger partial charge >= 0.3 is 0 Å². The zero-order chi connectivity index (χ0) is 16.7. The number of hydrogen-bond donors (Lipinski definition) is 1. The average Bonchev–Trinajstić information content (AvgIpc) is 2.61. The molecule has 5 heteroatoms. The molecule has 23 heavy (non-hydrogen) atoms. The van der Waals surface area contributed by atoms with Crippen molar-refractivity contribution >= 4 is 5.91 Å². The van der Waals surface area contributed by atoms with Gasteiger partial charge in [-0.05, 0) is 30.5 Å². The first-order chi connectivity index (χ1) is 11.2. The molecular weight excluding hydrogens is 290 g/mol. The van der Waals surface area contributed by atoms with Crippen LogP contribution in [0.2, 0.25) is 0 Å². The quantitative estimate of drug-likeness (QED) is 0.862. The lowest BCUT2D eigenvalue weighted by Crippen LogP contribution is -2.52. The van der Waals surface area contributed by atoms with Gasteiger partial charge in [0.15, 0.2) is 0 Å². The van der Waals surface area contributed by atoms with E-state index in [1.54, 1.807) is 12.1 Å². The minimum atomic E-state index is 0.184. The lowest BCUT2D eigenvalue weighted by molar-refractivity contribution is -0.133. The van der Waals surface area contributed by atoms with Crippen LogP contribution < -0.4 is 0 Å². The summed E-state index contributed by atoms with van der Waals surface area (Å²) in [7, 11) is 0. The standard InChI is InChI=1S/C18H25N3O2/c1-2-17(14-22)20-9-11-21(12-10-20)18(23)8-7-15-3-5-16(13-19)6-4-15/h3-6,17,22H,2,7-12,14H2,1H3. The molecule has 1 aromatic rings. The highest BCUT2D eigenvalue weighted by Crippen LogP contribution is 2.12. The summed E-state index contributed by atoms with van der Waals surface area (Å²) in [6.07, 6.45) is 2.14. The fourth-order valence-corrected chi connectivity index (χ4v) is 2.99. The number of aliphatic hydroxyl groups excluding tert-OH is 1. The molecule has 1 N–H and O–H groups in total. The Balaban J connectivity index is 1.77. The van der Waals surface area contributed by atoms with Crippen LogP contribution in [-0.2, 0) is 11.2 Å². The number of benzene rings is 1. The van der Waals surface area contributed by atoms with Crippen molar-refractivity contribution in [3.8, 4) is 6.07 Å². The Hall–Kier alpha value is -1.90. The second-order valence-electron chi connectivity index (χ2n) is 5.97. The number of nitriles is 1. The molecule has 0 bridgehead atoms. The van der Waals surface area contributed by atoms with Crippen LogP contribution in [0, 0.1) is 11.3 Å². The summed E-state index contributed by atoms with van der Waals surface area (Å²) in [4.78, 5) is 16.5. The van der Waals surface area contributed by atoms with Gasteiger partial charge in [-0.3, -0.25) is 9.69 Å². The van der Waals surface area contributed by atoms with Crippen molar-refractivity contribution < 1.29 is 9.90 Å². The third-order valence-corrected chi connectivity index (χ3v) is 4.58. The number of hydrogen-bond acceptors (Lipinski definition) is 4. The van der Waals surface area contributed by atoms with Crippen molar-refractivity contribution in [2.24, 2.45) is 0 Å². The van der Waals surface area contributed by atoms with Gasteiger partial charge in [0.05, 0.1) is 18.2 Å². The van der Waals surface area contributed by atoms with Crippen LogP contribution in [0.1, 0.15) is 30.9 Å². The fourth-order valence-electron chi connectivity index (χ4n) is 2.99. The van der Waals surface area contributed by atoms with Gasteiger partial charge in [0.25, 0.3) is 0 Å². The van der Waals surface area contributed by atoms with E-state index in [1.165, 1.54) is 0 Å². The molecule has 1 amide bonds. The maximum absolute atomic E-state index is 12.3. The van der Waals surface area contributed by atoms with Crippen LogP contribution in [0.5, 0.6) is 0 Å². The van der Waals surface area contributed by atoms with Crippen LogP contribution in [0.25, 0.3) is 0 Å². The maximum atomic E-state index is 12.3. The molecular formula is C18H25N3O2. The molecule has 124 valence electrons. The predicted molar refractivity (Wildman–Crippen MR) is 88.8 cm³/mol. The zero-order valence-corrected chi connectivity index (χ0v) is 13.7. The molecule has 1 aliphatic rings. The molecule has 1 aromatic carbocycles. The van der Waals surface area contributed by atoms with Gasteiger partial charge in [0.1, 0.15) is 0 Å². The van der Waals surface area contributed by atoms with Gasteiger partial charge in [-0.2, -0.15) is 5.26 Å². The van der Waals surface area contributed by atoms with E-state index in [1.807, 2.05) is 17.0 Å². The lowest BCUT2D eigenvalue weighted by Gasteiger charge is -2.38. The molecule has 1 atom stereocenters. The lowest BCUT2D eigenvalue weighted by atomic mass is 10.1. The molecule has 0 saturated carbocycles. The summed E-state index contributed by atoms with van der Waals surface area (Å²) in [5, 5.41) is 18.1. The number of rotatable bonds is 6. The maximum Gasteiger partial charge on any atom is 0.222 e. The molecule has 2 rings (SSSR count). The second-order valence-corrected chi connectivity index (χ2v) is 5.97. The Morgan fingerprint density at radius 3 is 2.43 bits per heavy atom. The Labute approximate surface area is 138 Å². The summed E-state index contributed by atoms with van der Waals surface area (Å²) >= 11 is 0. The first-order valence-corrected chi connectivity index (χ1v) is 8.29. The highest BCUT2D eigenvalue weighted by atomic mass is 16.3. The van der Waals surface area contributed by atoms with E-state index >= 15 is 0 Å². The minimum Gasteiger partial charge on any atom is -0.395 e. The number of aryl methyl sites for hydroxylation is 1. The highest BCUT2D eigenvalue weighted by molar-refractivity contribution is 5.76. The van der Waals surface area contributed by atoms with Crippen LogP contribution in [-0.4, -0.2) is 59.6 Å². The number of amides is 1. The Morgan fingerprint density at radius 2 is 1.91 bits per heavy atom. The normalized spacial score (nSPS) is 16.8. The molecule has 1 fully saturated rings. The molecule has 0 aliphatic carbocycles. The molecule has 0 spiro atoms. The van der Waals surface area contributed by atoms with Crippen LogP contribution >= 0.6 is 0 Å². The van der Waals surface area contributed by atoms with Gasteiger partial charge in [-0.1, -0.05) is 19.1 Å². The third-order valence-electron chi connectivity index (χ3n) is 4.58. The first-order valence-electron chi connectivity index (χ1n) is 8.29. The van der Waals surface area contributed by atoms with Crippen molar-refractivity contribution in [2.75, 3.05) is 32.8 Å². The molecule has 1 aliphatic heterocycles.